The lowest BCUT2D eigenvalue weighted by Gasteiger charge is -2.41. The number of carbonyl (C=O) groups excluding carboxylic acids is 1. The lowest BCUT2D eigenvalue weighted by molar-refractivity contribution is 0.134. The molecule has 1 fully saturated rings. The molecule has 34 heavy (non-hydrogen) atoms. The van der Waals surface area contributed by atoms with Crippen molar-refractivity contribution in [1.29, 1.82) is 0 Å². The smallest absolute Gasteiger partial charge is 0.318 e. The molecule has 0 spiro atoms. The number of carbonyl (C=O) groups is 1. The Morgan fingerprint density at radius 3 is 2.65 bits per heavy atom. The number of urea groups is 1. The van der Waals surface area contributed by atoms with E-state index in [0.29, 0.717) is 26.2 Å². The molecule has 6 heteroatoms. The molecule has 174 valence electrons. The Bertz CT molecular complexity index is 1250. The van der Waals surface area contributed by atoms with Gasteiger partial charge in [0, 0.05) is 32.2 Å². The van der Waals surface area contributed by atoms with Crippen LogP contribution in [0.25, 0.3) is 0 Å². The number of nitrogens with one attached hydrogen (secondary N) is 1. The largest absolute Gasteiger partial charge is 0.454 e. The van der Waals surface area contributed by atoms with Gasteiger partial charge in [-0.1, -0.05) is 53.6 Å². The Labute approximate surface area is 200 Å². The number of para-hydroxylation sites is 2. The fourth-order valence-electron chi connectivity index (χ4n) is 4.63. The molecule has 0 aromatic heterocycles. The van der Waals surface area contributed by atoms with Crippen LogP contribution in [0.15, 0.2) is 71.7 Å². The first kappa shape index (κ1) is 22.0. The molecule has 1 atom stereocenters. The molecule has 2 aliphatic heterocycles. The van der Waals surface area contributed by atoms with Crippen molar-refractivity contribution in [2.24, 2.45) is 4.99 Å². The highest BCUT2D eigenvalue weighted by Crippen LogP contribution is 2.38. The van der Waals surface area contributed by atoms with E-state index in [1.165, 1.54) is 5.56 Å². The molecule has 0 bridgehead atoms. The summed E-state index contributed by atoms with van der Waals surface area (Å²) in [5, 5.41) is 3.09. The minimum Gasteiger partial charge on any atom is -0.454 e. The van der Waals surface area contributed by atoms with Gasteiger partial charge in [0.05, 0.1) is 5.56 Å². The van der Waals surface area contributed by atoms with Gasteiger partial charge in [0.15, 0.2) is 5.75 Å². The van der Waals surface area contributed by atoms with Crippen LogP contribution in [0.4, 0.5) is 10.5 Å². The molecule has 1 saturated heterocycles. The van der Waals surface area contributed by atoms with Gasteiger partial charge in [-0.05, 0) is 50.6 Å². The lowest BCUT2D eigenvalue weighted by Crippen LogP contribution is -2.57. The van der Waals surface area contributed by atoms with Gasteiger partial charge in [-0.15, -0.1) is 0 Å². The van der Waals surface area contributed by atoms with Gasteiger partial charge in [0.2, 0.25) is 0 Å². The predicted molar refractivity (Wildman–Crippen MR) is 135 cm³/mol. The second-order valence-electron chi connectivity index (χ2n) is 9.14. The van der Waals surface area contributed by atoms with Crippen LogP contribution >= 0.6 is 0 Å². The van der Waals surface area contributed by atoms with E-state index in [1.54, 1.807) is 0 Å². The van der Waals surface area contributed by atoms with Gasteiger partial charge in [0.1, 0.15) is 17.3 Å². The highest BCUT2D eigenvalue weighted by atomic mass is 16.5. The van der Waals surface area contributed by atoms with Crippen molar-refractivity contribution >= 4 is 17.6 Å². The first-order valence-electron chi connectivity index (χ1n) is 11.8. The summed E-state index contributed by atoms with van der Waals surface area (Å²) < 4.78 is 6.23. The first-order chi connectivity index (χ1) is 16.5. The third-order valence-electron chi connectivity index (χ3n) is 6.40. The van der Waals surface area contributed by atoms with E-state index in [2.05, 4.69) is 55.3 Å². The topological polar surface area (TPSA) is 57.2 Å². The molecule has 0 saturated carbocycles. The van der Waals surface area contributed by atoms with Crippen LogP contribution < -0.4 is 10.1 Å². The number of amidine groups is 1. The maximum absolute atomic E-state index is 13.0. The van der Waals surface area contributed by atoms with Crippen molar-refractivity contribution in [3.05, 3.63) is 89.0 Å². The summed E-state index contributed by atoms with van der Waals surface area (Å²) in [6, 6.07) is 22.3. The summed E-state index contributed by atoms with van der Waals surface area (Å²) >= 11 is 0. The second-order valence-corrected chi connectivity index (χ2v) is 9.14. The molecule has 2 aliphatic rings. The van der Waals surface area contributed by atoms with E-state index >= 15 is 0 Å². The molecule has 5 rings (SSSR count). The molecule has 1 N–H and O–H groups in total. The third kappa shape index (κ3) is 4.49. The molecule has 0 unspecified atom stereocenters. The number of piperazine rings is 1. The maximum atomic E-state index is 13.0. The predicted octanol–water partition coefficient (Wildman–Crippen LogP) is 5.40. The minimum atomic E-state index is -0.0265. The van der Waals surface area contributed by atoms with Crippen LogP contribution in [-0.4, -0.2) is 47.3 Å². The van der Waals surface area contributed by atoms with E-state index < -0.39 is 0 Å². The standard InChI is InChI=1S/C28H30N4O2/c1-19-7-6-8-22(15-19)17-29-28(33)32-14-13-31(18-21(32)3)27-23-16-20(2)11-12-25(23)34-26-10-5-4-9-24(26)30-27/h4-12,15-16,21H,13-14,17-18H2,1-3H3,(H,29,33)/t21-/m1/s1. The van der Waals surface area contributed by atoms with Crippen LogP contribution in [0.2, 0.25) is 0 Å². The number of benzene rings is 3. The van der Waals surface area contributed by atoms with Crippen molar-refractivity contribution in [2.75, 3.05) is 19.6 Å². The molecule has 6 nitrogen and oxygen atoms in total. The van der Waals surface area contributed by atoms with Crippen LogP contribution in [0.3, 0.4) is 0 Å². The summed E-state index contributed by atoms with van der Waals surface area (Å²) in [6.07, 6.45) is 0. The fraction of sp³-hybridized carbons (Fsp3) is 0.286. The molecular formula is C28H30N4O2. The lowest BCUT2D eigenvalue weighted by atomic mass is 10.1. The first-order valence-corrected chi connectivity index (χ1v) is 11.8. The van der Waals surface area contributed by atoms with E-state index in [0.717, 1.165) is 39.7 Å². The van der Waals surface area contributed by atoms with Crippen molar-refractivity contribution in [3.63, 3.8) is 0 Å². The van der Waals surface area contributed by atoms with Crippen LogP contribution in [0.5, 0.6) is 11.5 Å². The number of hydrogen-bond acceptors (Lipinski definition) is 4. The van der Waals surface area contributed by atoms with Gasteiger partial charge in [-0.25, -0.2) is 9.79 Å². The highest BCUT2D eigenvalue weighted by molar-refractivity contribution is 6.04. The molecule has 0 aliphatic carbocycles. The number of nitrogens with zero attached hydrogens (tertiary/aromatic N) is 3. The summed E-state index contributed by atoms with van der Waals surface area (Å²) in [5.74, 6) is 2.46. The summed E-state index contributed by atoms with van der Waals surface area (Å²) in [5.41, 5.74) is 5.26. The zero-order chi connectivity index (χ0) is 23.7. The number of amides is 2. The Kier molecular flexibility index (Phi) is 5.97. The molecular weight excluding hydrogens is 424 g/mol. The number of aryl methyl sites for hydroxylation is 2. The summed E-state index contributed by atoms with van der Waals surface area (Å²) in [4.78, 5) is 22.2. The number of hydrogen-bond donors (Lipinski definition) is 1. The SMILES string of the molecule is Cc1cccc(CNC(=O)N2CCN(C3=Nc4ccccc4Oc4ccc(C)cc43)C[C@H]2C)c1. The fourth-order valence-corrected chi connectivity index (χ4v) is 4.63. The molecule has 3 aromatic carbocycles. The van der Waals surface area contributed by atoms with Crippen LogP contribution in [-0.2, 0) is 6.54 Å². The number of aliphatic imine (C=N–C) groups is 1. The van der Waals surface area contributed by atoms with Crippen molar-refractivity contribution in [1.82, 2.24) is 15.1 Å². The monoisotopic (exact) mass is 454 g/mol. The summed E-state index contributed by atoms with van der Waals surface area (Å²) in [6.45, 7) is 8.80. The van der Waals surface area contributed by atoms with Crippen molar-refractivity contribution in [3.8, 4) is 11.5 Å². The number of rotatable bonds is 2. The minimum absolute atomic E-state index is 0.0265. The van der Waals surface area contributed by atoms with E-state index in [9.17, 15) is 4.79 Å². The quantitative estimate of drug-likeness (QED) is 0.564. The van der Waals surface area contributed by atoms with Crippen molar-refractivity contribution in [2.45, 2.75) is 33.4 Å². The van der Waals surface area contributed by atoms with Crippen LogP contribution in [0, 0.1) is 13.8 Å². The van der Waals surface area contributed by atoms with Gasteiger partial charge in [0.25, 0.3) is 0 Å². The average Bonchev–Trinajstić information content (AvgIpc) is 2.99. The summed E-state index contributed by atoms with van der Waals surface area (Å²) in [7, 11) is 0. The van der Waals surface area contributed by atoms with Gasteiger partial charge in [-0.3, -0.25) is 0 Å². The zero-order valence-electron chi connectivity index (χ0n) is 19.9. The number of fused-ring (bicyclic) bond motifs is 2. The van der Waals surface area contributed by atoms with E-state index in [-0.39, 0.29) is 12.1 Å². The van der Waals surface area contributed by atoms with E-state index in [4.69, 9.17) is 9.73 Å². The zero-order valence-corrected chi connectivity index (χ0v) is 19.9. The van der Waals surface area contributed by atoms with Crippen LogP contribution in [0.1, 0.15) is 29.2 Å². The Morgan fingerprint density at radius 2 is 1.82 bits per heavy atom. The normalized spacial score (nSPS) is 17.1. The molecule has 2 heterocycles. The highest BCUT2D eigenvalue weighted by Gasteiger charge is 2.31. The van der Waals surface area contributed by atoms with Gasteiger partial charge >= 0.3 is 6.03 Å². The second kappa shape index (κ2) is 9.21. The Hall–Kier alpha value is -3.80. The number of ether oxygens (including phenoxy) is 1. The maximum Gasteiger partial charge on any atom is 0.318 e. The van der Waals surface area contributed by atoms with Crippen molar-refractivity contribution < 1.29 is 9.53 Å². The van der Waals surface area contributed by atoms with E-state index in [1.807, 2.05) is 47.4 Å². The van der Waals surface area contributed by atoms with Gasteiger partial charge < -0.3 is 19.9 Å². The molecule has 0 radical (unpaired) electrons. The molecule has 2 amide bonds. The Morgan fingerprint density at radius 1 is 1.00 bits per heavy atom. The third-order valence-corrected chi connectivity index (χ3v) is 6.40. The van der Waals surface area contributed by atoms with Gasteiger partial charge in [-0.2, -0.15) is 0 Å². The average molecular weight is 455 g/mol. The Balaban J connectivity index is 1.34. The molecule has 3 aromatic rings.